The molecule has 0 bridgehead atoms. The largest absolute Gasteiger partial charge is 0.468 e. The van der Waals surface area contributed by atoms with Crippen molar-refractivity contribution in [2.24, 2.45) is 0 Å². The number of aromatic nitrogens is 1. The van der Waals surface area contributed by atoms with E-state index in [-0.39, 0.29) is 9.89 Å². The highest BCUT2D eigenvalue weighted by Crippen LogP contribution is 2.09. The SMILES string of the molecule is COC(=O)C(I)CNCc1cncc(Br)c1. The normalized spacial score (nSPS) is 12.2. The first-order valence-electron chi connectivity index (χ1n) is 4.65. The van der Waals surface area contributed by atoms with Crippen LogP contribution in [-0.4, -0.2) is 28.5 Å². The number of pyridine rings is 1. The van der Waals surface area contributed by atoms with Gasteiger partial charge < -0.3 is 10.1 Å². The third-order valence-corrected chi connectivity index (χ3v) is 3.25. The number of ether oxygens (including phenoxy) is 1. The number of halogens is 2. The molecule has 88 valence electrons. The summed E-state index contributed by atoms with van der Waals surface area (Å²) in [6.07, 6.45) is 3.52. The van der Waals surface area contributed by atoms with Crippen molar-refractivity contribution in [2.75, 3.05) is 13.7 Å². The molecule has 0 aliphatic rings. The van der Waals surface area contributed by atoms with Crippen LogP contribution in [0.2, 0.25) is 0 Å². The molecule has 1 N–H and O–H groups in total. The van der Waals surface area contributed by atoms with E-state index in [0.717, 1.165) is 10.0 Å². The van der Waals surface area contributed by atoms with Gasteiger partial charge in [0.15, 0.2) is 0 Å². The fraction of sp³-hybridized carbons (Fsp3) is 0.400. The van der Waals surface area contributed by atoms with Crippen molar-refractivity contribution >= 4 is 44.5 Å². The molecule has 16 heavy (non-hydrogen) atoms. The first-order chi connectivity index (χ1) is 7.63. The van der Waals surface area contributed by atoms with Crippen molar-refractivity contribution in [2.45, 2.75) is 10.5 Å². The topological polar surface area (TPSA) is 51.2 Å². The average Bonchev–Trinajstić information content (AvgIpc) is 2.28. The Bertz CT molecular complexity index is 362. The molecule has 1 rings (SSSR count). The first kappa shape index (κ1) is 13.9. The van der Waals surface area contributed by atoms with Crippen LogP contribution in [-0.2, 0) is 16.1 Å². The maximum Gasteiger partial charge on any atom is 0.319 e. The Morgan fingerprint density at radius 3 is 3.06 bits per heavy atom. The van der Waals surface area contributed by atoms with Crippen LogP contribution < -0.4 is 5.32 Å². The minimum atomic E-state index is -0.208. The molecule has 0 aliphatic heterocycles. The Balaban J connectivity index is 2.33. The van der Waals surface area contributed by atoms with E-state index in [0.29, 0.717) is 13.1 Å². The Morgan fingerprint density at radius 1 is 1.69 bits per heavy atom. The van der Waals surface area contributed by atoms with Gasteiger partial charge in [0, 0.05) is 30.0 Å². The van der Waals surface area contributed by atoms with Crippen LogP contribution in [0.25, 0.3) is 0 Å². The number of nitrogens with zero attached hydrogens (tertiary/aromatic N) is 1. The van der Waals surface area contributed by atoms with Crippen molar-refractivity contribution < 1.29 is 9.53 Å². The van der Waals surface area contributed by atoms with Gasteiger partial charge in [0.25, 0.3) is 0 Å². The molecule has 0 amide bonds. The van der Waals surface area contributed by atoms with Crippen molar-refractivity contribution in [1.29, 1.82) is 0 Å². The molecule has 1 aromatic rings. The van der Waals surface area contributed by atoms with Crippen LogP contribution in [0.5, 0.6) is 0 Å². The Labute approximate surface area is 116 Å². The van der Waals surface area contributed by atoms with Crippen LogP contribution in [0, 0.1) is 0 Å². The number of alkyl halides is 1. The molecule has 0 aromatic carbocycles. The summed E-state index contributed by atoms with van der Waals surface area (Å²) in [5.74, 6) is -0.208. The first-order valence-corrected chi connectivity index (χ1v) is 6.69. The van der Waals surface area contributed by atoms with Gasteiger partial charge in [-0.25, -0.2) is 0 Å². The fourth-order valence-corrected chi connectivity index (χ4v) is 2.08. The number of carbonyl (C=O) groups excluding carboxylic acids is 1. The van der Waals surface area contributed by atoms with Crippen molar-refractivity contribution in [1.82, 2.24) is 10.3 Å². The fourth-order valence-electron chi connectivity index (χ4n) is 1.11. The van der Waals surface area contributed by atoms with Gasteiger partial charge in [-0.1, -0.05) is 22.6 Å². The maximum absolute atomic E-state index is 11.1. The minimum Gasteiger partial charge on any atom is -0.468 e. The van der Waals surface area contributed by atoms with Crippen molar-refractivity contribution in [3.63, 3.8) is 0 Å². The summed E-state index contributed by atoms with van der Waals surface area (Å²) in [5, 5.41) is 3.17. The quantitative estimate of drug-likeness (QED) is 0.467. The second-order valence-corrected chi connectivity index (χ2v) is 5.55. The molecular weight excluding hydrogens is 387 g/mol. The molecule has 0 saturated carbocycles. The van der Waals surface area contributed by atoms with E-state index in [9.17, 15) is 4.79 Å². The molecule has 0 saturated heterocycles. The van der Waals surface area contributed by atoms with E-state index in [1.165, 1.54) is 7.11 Å². The molecule has 4 nitrogen and oxygen atoms in total. The number of carbonyl (C=O) groups is 1. The summed E-state index contributed by atoms with van der Waals surface area (Å²) in [5.41, 5.74) is 1.07. The summed E-state index contributed by atoms with van der Waals surface area (Å²) in [7, 11) is 1.40. The van der Waals surface area contributed by atoms with Crippen LogP contribution in [0.4, 0.5) is 0 Å². The molecule has 0 fully saturated rings. The lowest BCUT2D eigenvalue weighted by atomic mass is 10.3. The monoisotopic (exact) mass is 398 g/mol. The third-order valence-electron chi connectivity index (χ3n) is 1.87. The second-order valence-electron chi connectivity index (χ2n) is 3.13. The van der Waals surface area contributed by atoms with Crippen molar-refractivity contribution in [3.05, 3.63) is 28.5 Å². The molecule has 1 unspecified atom stereocenters. The predicted molar refractivity (Wildman–Crippen MR) is 73.5 cm³/mol. The van der Waals surface area contributed by atoms with Gasteiger partial charge >= 0.3 is 5.97 Å². The molecule has 0 aliphatic carbocycles. The Morgan fingerprint density at radius 2 is 2.44 bits per heavy atom. The zero-order valence-corrected chi connectivity index (χ0v) is 12.5. The minimum absolute atomic E-state index is 0.164. The van der Waals surface area contributed by atoms with Gasteiger partial charge in [0.1, 0.15) is 3.92 Å². The third kappa shape index (κ3) is 4.75. The summed E-state index contributed by atoms with van der Waals surface area (Å²) < 4.78 is 5.41. The lowest BCUT2D eigenvalue weighted by molar-refractivity contribution is -0.139. The molecular formula is C10H12BrIN2O2. The summed E-state index contributed by atoms with van der Waals surface area (Å²) in [4.78, 5) is 15.2. The summed E-state index contributed by atoms with van der Waals surface area (Å²) >= 11 is 5.41. The van der Waals surface area contributed by atoms with Crippen LogP contribution >= 0.6 is 38.5 Å². The predicted octanol–water partition coefficient (Wildman–Crippen LogP) is 1.91. The number of nitrogens with one attached hydrogen (secondary N) is 1. The zero-order chi connectivity index (χ0) is 12.0. The number of rotatable bonds is 5. The smallest absolute Gasteiger partial charge is 0.319 e. The number of esters is 1. The molecule has 1 aromatic heterocycles. The number of methoxy groups -OCH3 is 1. The molecule has 0 spiro atoms. The van der Waals surface area contributed by atoms with E-state index in [4.69, 9.17) is 0 Å². The average molecular weight is 399 g/mol. The Kier molecular flexibility index (Phi) is 6.22. The second kappa shape index (κ2) is 7.18. The lowest BCUT2D eigenvalue weighted by Crippen LogP contribution is -2.29. The zero-order valence-electron chi connectivity index (χ0n) is 8.74. The van der Waals surface area contributed by atoms with Gasteiger partial charge in [0.05, 0.1) is 7.11 Å². The van der Waals surface area contributed by atoms with E-state index >= 15 is 0 Å². The van der Waals surface area contributed by atoms with Gasteiger partial charge in [-0.15, -0.1) is 0 Å². The van der Waals surface area contributed by atoms with Gasteiger partial charge in [0.2, 0.25) is 0 Å². The number of hydrogen-bond donors (Lipinski definition) is 1. The van der Waals surface area contributed by atoms with Gasteiger partial charge in [-0.05, 0) is 27.6 Å². The van der Waals surface area contributed by atoms with Gasteiger partial charge in [-0.3, -0.25) is 9.78 Å². The van der Waals surface area contributed by atoms with Crippen molar-refractivity contribution in [3.8, 4) is 0 Å². The number of hydrogen-bond acceptors (Lipinski definition) is 4. The highest BCUT2D eigenvalue weighted by Gasteiger charge is 2.13. The van der Waals surface area contributed by atoms with E-state index < -0.39 is 0 Å². The molecule has 1 atom stereocenters. The molecule has 6 heteroatoms. The van der Waals surface area contributed by atoms with Crippen LogP contribution in [0.3, 0.4) is 0 Å². The standard InChI is InChI=1S/C10H12BrIN2O2/c1-16-10(15)9(12)6-14-4-7-2-8(11)5-13-3-7/h2-3,5,9,14H,4,6H2,1H3. The molecule has 1 heterocycles. The van der Waals surface area contributed by atoms with E-state index in [2.05, 4.69) is 53.6 Å². The summed E-state index contributed by atoms with van der Waals surface area (Å²) in [6.45, 7) is 1.27. The molecule has 0 radical (unpaired) electrons. The van der Waals surface area contributed by atoms with Crippen LogP contribution in [0.1, 0.15) is 5.56 Å². The maximum atomic E-state index is 11.1. The van der Waals surface area contributed by atoms with E-state index in [1.54, 1.807) is 12.4 Å². The van der Waals surface area contributed by atoms with Crippen LogP contribution in [0.15, 0.2) is 22.9 Å². The highest BCUT2D eigenvalue weighted by atomic mass is 127. The van der Waals surface area contributed by atoms with E-state index in [1.807, 2.05) is 6.07 Å². The lowest BCUT2D eigenvalue weighted by Gasteiger charge is -2.09. The highest BCUT2D eigenvalue weighted by molar-refractivity contribution is 14.1. The Hall–Kier alpha value is -0.210. The summed E-state index contributed by atoms with van der Waals surface area (Å²) in [6, 6.07) is 1.99. The van der Waals surface area contributed by atoms with Gasteiger partial charge in [-0.2, -0.15) is 0 Å².